The highest BCUT2D eigenvalue weighted by Crippen LogP contribution is 2.32. The van der Waals surface area contributed by atoms with E-state index in [0.29, 0.717) is 16.9 Å². The summed E-state index contributed by atoms with van der Waals surface area (Å²) >= 11 is 0. The molecule has 1 heterocycles. The molecule has 0 radical (unpaired) electrons. The highest BCUT2D eigenvalue weighted by atomic mass is 32.2. The third-order valence-corrected chi connectivity index (χ3v) is 5.37. The molecule has 0 spiro atoms. The fourth-order valence-electron chi connectivity index (χ4n) is 2.61. The van der Waals surface area contributed by atoms with Crippen LogP contribution in [0, 0.1) is 0 Å². The monoisotopic (exact) mass is 447 g/mol. The predicted molar refractivity (Wildman–Crippen MR) is 114 cm³/mol. The molecule has 0 N–H and O–H groups in total. The minimum absolute atomic E-state index is 0.0199. The van der Waals surface area contributed by atoms with Gasteiger partial charge in [0.2, 0.25) is 5.16 Å². The summed E-state index contributed by atoms with van der Waals surface area (Å²) in [5, 5.41) is 7.99. The fraction of sp³-hybridized carbons (Fsp3) is 0.238. The Balaban J connectivity index is 1.94. The number of halogens is 3. The van der Waals surface area contributed by atoms with Gasteiger partial charge in [-0.2, -0.15) is 23.4 Å². The Morgan fingerprint density at radius 3 is 2.26 bits per heavy atom. The molecule has 1 aromatic heterocycles. The number of nitrogens with zero attached hydrogens (tertiary/aromatic N) is 5. The first kappa shape index (κ1) is 22.5. The quantitative estimate of drug-likeness (QED) is 0.355. The van der Waals surface area contributed by atoms with Crippen LogP contribution in [0.1, 0.15) is 12.6 Å². The van der Waals surface area contributed by atoms with E-state index in [1.165, 1.54) is 0 Å². The van der Waals surface area contributed by atoms with Gasteiger partial charge in [-0.15, -0.1) is 0 Å². The summed E-state index contributed by atoms with van der Waals surface area (Å²) in [7, 11) is 2.14. The van der Waals surface area contributed by atoms with Crippen LogP contribution in [-0.4, -0.2) is 34.0 Å². The van der Waals surface area contributed by atoms with Gasteiger partial charge in [0.1, 0.15) is 5.69 Å². The van der Waals surface area contributed by atoms with Crippen molar-refractivity contribution in [2.75, 3.05) is 24.7 Å². The molecule has 1 atom stereocenters. The molecule has 1 unspecified atom stereocenters. The van der Waals surface area contributed by atoms with Gasteiger partial charge in [0.05, 0.1) is 27.9 Å². The number of benzene rings is 2. The normalized spacial score (nSPS) is 12.8. The Bertz CT molecular complexity index is 1110. The van der Waals surface area contributed by atoms with Crippen LogP contribution < -0.4 is 4.90 Å². The molecule has 0 saturated carbocycles. The fourth-order valence-corrected chi connectivity index (χ4v) is 3.27. The van der Waals surface area contributed by atoms with Gasteiger partial charge < -0.3 is 4.90 Å². The molecule has 0 aliphatic rings. The van der Waals surface area contributed by atoms with Gasteiger partial charge >= 0.3 is 6.18 Å². The lowest BCUT2D eigenvalue weighted by molar-refractivity contribution is -0.141. The van der Waals surface area contributed by atoms with E-state index < -0.39 is 22.7 Å². The van der Waals surface area contributed by atoms with Crippen molar-refractivity contribution in [3.05, 3.63) is 60.3 Å². The Morgan fingerprint density at radius 2 is 1.65 bits per heavy atom. The summed E-state index contributed by atoms with van der Waals surface area (Å²) in [5.41, 5.74) is 1.37. The SMILES string of the molecule is CCS(=O)c1nc(-c2cccc(N=Nc3ccc(N(C)C)cc3)c2)cc(C(F)(F)F)n1. The van der Waals surface area contributed by atoms with Crippen LogP contribution in [0.25, 0.3) is 11.3 Å². The number of azo groups is 1. The molecule has 31 heavy (non-hydrogen) atoms. The molecule has 0 aliphatic heterocycles. The van der Waals surface area contributed by atoms with E-state index in [1.54, 1.807) is 31.2 Å². The molecule has 162 valence electrons. The van der Waals surface area contributed by atoms with Crippen molar-refractivity contribution in [1.82, 2.24) is 9.97 Å². The first-order chi connectivity index (χ1) is 14.7. The van der Waals surface area contributed by atoms with Crippen LogP contribution >= 0.6 is 0 Å². The van der Waals surface area contributed by atoms with Gasteiger partial charge in [0.25, 0.3) is 0 Å². The van der Waals surface area contributed by atoms with Gasteiger partial charge in [0.15, 0.2) is 0 Å². The first-order valence-electron chi connectivity index (χ1n) is 9.31. The second kappa shape index (κ2) is 9.34. The van der Waals surface area contributed by atoms with E-state index in [-0.39, 0.29) is 16.6 Å². The summed E-state index contributed by atoms with van der Waals surface area (Å²) in [6.45, 7) is 1.59. The van der Waals surface area contributed by atoms with Gasteiger partial charge in [-0.25, -0.2) is 9.97 Å². The molecule has 0 fully saturated rings. The van der Waals surface area contributed by atoms with Crippen LogP contribution in [0.15, 0.2) is 70.0 Å². The number of anilines is 1. The highest BCUT2D eigenvalue weighted by molar-refractivity contribution is 7.84. The maximum Gasteiger partial charge on any atom is 0.433 e. The average molecular weight is 447 g/mol. The summed E-state index contributed by atoms with van der Waals surface area (Å²) in [5.74, 6) is 0.113. The summed E-state index contributed by atoms with van der Waals surface area (Å²) in [4.78, 5) is 9.48. The number of hydrogen-bond acceptors (Lipinski definition) is 6. The molecule has 0 amide bonds. The van der Waals surface area contributed by atoms with Crippen LogP contribution in [0.5, 0.6) is 0 Å². The Hall–Kier alpha value is -3.14. The van der Waals surface area contributed by atoms with Crippen LogP contribution in [0.4, 0.5) is 30.2 Å². The van der Waals surface area contributed by atoms with Gasteiger partial charge in [-0.05, 0) is 42.5 Å². The Morgan fingerprint density at radius 1 is 0.968 bits per heavy atom. The van der Waals surface area contributed by atoms with Crippen molar-refractivity contribution in [3.8, 4) is 11.3 Å². The lowest BCUT2D eigenvalue weighted by Gasteiger charge is -2.11. The topological polar surface area (TPSA) is 70.8 Å². The molecule has 10 heteroatoms. The molecule has 3 aromatic rings. The number of aromatic nitrogens is 2. The van der Waals surface area contributed by atoms with Gasteiger partial charge in [-0.1, -0.05) is 19.1 Å². The number of hydrogen-bond donors (Lipinski definition) is 0. The molecule has 6 nitrogen and oxygen atoms in total. The minimum Gasteiger partial charge on any atom is -0.378 e. The average Bonchev–Trinajstić information content (AvgIpc) is 2.76. The van der Waals surface area contributed by atoms with Crippen molar-refractivity contribution < 1.29 is 17.4 Å². The second-order valence-corrected chi connectivity index (χ2v) is 8.35. The molecule has 0 bridgehead atoms. The summed E-state index contributed by atoms with van der Waals surface area (Å²) < 4.78 is 51.9. The third kappa shape index (κ3) is 5.72. The number of alkyl halides is 3. The maximum absolute atomic E-state index is 13.3. The molecular formula is C21H20F3N5OS. The largest absolute Gasteiger partial charge is 0.433 e. The van der Waals surface area contributed by atoms with Crippen molar-refractivity contribution in [2.24, 2.45) is 10.2 Å². The third-order valence-electron chi connectivity index (χ3n) is 4.25. The lowest BCUT2D eigenvalue weighted by Crippen LogP contribution is -2.13. The molecule has 2 aromatic carbocycles. The van der Waals surface area contributed by atoms with Crippen LogP contribution in [0.3, 0.4) is 0 Å². The van der Waals surface area contributed by atoms with E-state index >= 15 is 0 Å². The molecule has 3 rings (SSSR count). The van der Waals surface area contributed by atoms with E-state index in [0.717, 1.165) is 11.8 Å². The zero-order valence-electron chi connectivity index (χ0n) is 17.1. The molecule has 0 saturated heterocycles. The smallest absolute Gasteiger partial charge is 0.378 e. The van der Waals surface area contributed by atoms with E-state index in [9.17, 15) is 17.4 Å². The highest BCUT2D eigenvalue weighted by Gasteiger charge is 2.34. The van der Waals surface area contributed by atoms with Crippen LogP contribution in [-0.2, 0) is 17.0 Å². The van der Waals surface area contributed by atoms with E-state index in [4.69, 9.17) is 0 Å². The second-order valence-electron chi connectivity index (χ2n) is 6.71. The minimum atomic E-state index is -4.68. The van der Waals surface area contributed by atoms with Gasteiger partial charge in [0, 0.05) is 31.1 Å². The van der Waals surface area contributed by atoms with E-state index in [2.05, 4.69) is 20.2 Å². The zero-order valence-corrected chi connectivity index (χ0v) is 17.9. The predicted octanol–water partition coefficient (Wildman–Crippen LogP) is 5.77. The van der Waals surface area contributed by atoms with Crippen molar-refractivity contribution in [3.63, 3.8) is 0 Å². The zero-order chi connectivity index (χ0) is 22.6. The van der Waals surface area contributed by atoms with Gasteiger partial charge in [-0.3, -0.25) is 4.21 Å². The molecular weight excluding hydrogens is 427 g/mol. The van der Waals surface area contributed by atoms with Crippen molar-refractivity contribution in [1.29, 1.82) is 0 Å². The molecule has 0 aliphatic carbocycles. The van der Waals surface area contributed by atoms with Crippen LogP contribution in [0.2, 0.25) is 0 Å². The standard InChI is InChI=1S/C21H20F3N5OS/c1-4-31(30)20-25-18(13-19(26-20)21(22,23)24)14-6-5-7-16(12-14)28-27-15-8-10-17(11-9-15)29(2)3/h5-13H,4H2,1-3H3. The maximum atomic E-state index is 13.3. The summed E-state index contributed by atoms with van der Waals surface area (Å²) in [6.07, 6.45) is -4.68. The van der Waals surface area contributed by atoms with E-state index in [1.807, 2.05) is 43.3 Å². The Labute approximate surface area is 180 Å². The first-order valence-corrected chi connectivity index (χ1v) is 10.6. The Kier molecular flexibility index (Phi) is 6.79. The summed E-state index contributed by atoms with van der Waals surface area (Å²) in [6, 6.07) is 14.8. The lowest BCUT2D eigenvalue weighted by atomic mass is 10.1. The van der Waals surface area contributed by atoms with Crippen molar-refractivity contribution >= 4 is 27.9 Å². The number of rotatable bonds is 6. The van der Waals surface area contributed by atoms with Crippen molar-refractivity contribution in [2.45, 2.75) is 18.3 Å².